The van der Waals surface area contributed by atoms with Gasteiger partial charge in [-0.1, -0.05) is 0 Å². The maximum absolute atomic E-state index is 11.2. The minimum Gasteiger partial charge on any atom is -0.485 e. The van der Waals surface area contributed by atoms with E-state index in [1.807, 2.05) is 0 Å². The van der Waals surface area contributed by atoms with E-state index in [2.05, 4.69) is 10.3 Å². The Bertz CT molecular complexity index is 311. The minimum absolute atomic E-state index is 0.256. The maximum atomic E-state index is 11.2. The third-order valence-corrected chi connectivity index (χ3v) is 2.36. The van der Waals surface area contributed by atoms with Crippen LogP contribution in [-0.4, -0.2) is 32.2 Å². The quantitative estimate of drug-likeness (QED) is 0.776. The lowest BCUT2D eigenvalue weighted by Gasteiger charge is -1.96. The Morgan fingerprint density at radius 2 is 2.15 bits per heavy atom. The lowest BCUT2D eigenvalue weighted by molar-refractivity contribution is 0.0955. The Hall–Kier alpha value is -1.30. The first-order chi connectivity index (χ1) is 6.22. The Balaban J connectivity index is 3.03. The number of carbonyl (C=O) groups excluding carboxylic acids is 1. The summed E-state index contributed by atoms with van der Waals surface area (Å²) in [7, 11) is 4.51. The van der Waals surface area contributed by atoms with E-state index in [4.69, 9.17) is 9.47 Å². The van der Waals surface area contributed by atoms with E-state index in [9.17, 15) is 4.79 Å². The van der Waals surface area contributed by atoms with Crippen molar-refractivity contribution >= 4 is 17.2 Å². The summed E-state index contributed by atoms with van der Waals surface area (Å²) < 4.78 is 9.85. The van der Waals surface area contributed by atoms with Gasteiger partial charge in [0, 0.05) is 7.05 Å². The van der Waals surface area contributed by atoms with Gasteiger partial charge < -0.3 is 14.8 Å². The van der Waals surface area contributed by atoms with Gasteiger partial charge in [0.2, 0.25) is 5.06 Å². The van der Waals surface area contributed by atoms with Crippen LogP contribution < -0.4 is 14.8 Å². The second kappa shape index (κ2) is 4.08. The van der Waals surface area contributed by atoms with Crippen LogP contribution in [-0.2, 0) is 0 Å². The molecule has 0 unspecified atom stereocenters. The molecule has 0 aliphatic rings. The number of nitrogens with one attached hydrogen (secondary N) is 1. The molecular weight excluding hydrogens is 192 g/mol. The third kappa shape index (κ3) is 1.89. The summed E-state index contributed by atoms with van der Waals surface area (Å²) in [6, 6.07) is 0. The molecule has 0 saturated carbocycles. The SMILES string of the molecule is CNC(=O)c1nc(OC)sc1OC. The molecule has 0 fully saturated rings. The summed E-state index contributed by atoms with van der Waals surface area (Å²) >= 11 is 1.19. The number of rotatable bonds is 3. The largest absolute Gasteiger partial charge is 0.485 e. The summed E-state index contributed by atoms with van der Waals surface area (Å²) in [4.78, 5) is 15.1. The average molecular weight is 202 g/mol. The van der Waals surface area contributed by atoms with Crippen LogP contribution in [0.5, 0.6) is 10.3 Å². The molecule has 1 aromatic rings. The lowest BCUT2D eigenvalue weighted by atomic mass is 10.4. The van der Waals surface area contributed by atoms with Crippen LogP contribution in [0.3, 0.4) is 0 Å². The molecule has 1 aromatic heterocycles. The van der Waals surface area contributed by atoms with E-state index >= 15 is 0 Å². The van der Waals surface area contributed by atoms with Gasteiger partial charge in [-0.25, -0.2) is 0 Å². The molecule has 5 nitrogen and oxygen atoms in total. The molecule has 0 atom stereocenters. The maximum Gasteiger partial charge on any atom is 0.277 e. The number of amides is 1. The summed E-state index contributed by atoms with van der Waals surface area (Å²) in [5.74, 6) is -0.281. The standard InChI is InChI=1S/C7H10N2O3S/c1-8-5(10)4-6(11-2)13-7(9-4)12-3/h1-3H3,(H,8,10). The molecular formula is C7H10N2O3S. The number of carbonyl (C=O) groups is 1. The van der Waals surface area contributed by atoms with E-state index in [0.29, 0.717) is 10.3 Å². The highest BCUT2D eigenvalue weighted by molar-refractivity contribution is 7.15. The third-order valence-electron chi connectivity index (χ3n) is 1.38. The molecule has 1 heterocycles. The molecule has 13 heavy (non-hydrogen) atoms. The molecule has 0 saturated heterocycles. The summed E-state index contributed by atoms with van der Waals surface area (Å²) in [6.07, 6.45) is 0. The topological polar surface area (TPSA) is 60.5 Å². The molecule has 1 rings (SSSR count). The molecule has 6 heteroatoms. The van der Waals surface area contributed by atoms with E-state index in [1.54, 1.807) is 0 Å². The molecule has 0 aromatic carbocycles. The Morgan fingerprint density at radius 3 is 2.62 bits per heavy atom. The molecule has 0 aliphatic heterocycles. The molecule has 1 amide bonds. The molecule has 72 valence electrons. The van der Waals surface area contributed by atoms with Crippen molar-refractivity contribution in [1.82, 2.24) is 10.3 Å². The van der Waals surface area contributed by atoms with Gasteiger partial charge in [0.15, 0.2) is 5.69 Å². The van der Waals surface area contributed by atoms with Crippen LogP contribution in [0.15, 0.2) is 0 Å². The number of hydrogen-bond donors (Lipinski definition) is 1. The molecule has 0 aliphatic carbocycles. The van der Waals surface area contributed by atoms with Gasteiger partial charge in [0.05, 0.1) is 14.2 Å². The highest BCUT2D eigenvalue weighted by Gasteiger charge is 2.17. The first-order valence-electron chi connectivity index (χ1n) is 3.53. The number of aromatic nitrogens is 1. The first kappa shape index (κ1) is 9.79. The van der Waals surface area contributed by atoms with Crippen molar-refractivity contribution in [2.45, 2.75) is 0 Å². The van der Waals surface area contributed by atoms with Crippen molar-refractivity contribution in [3.63, 3.8) is 0 Å². The van der Waals surface area contributed by atoms with Gasteiger partial charge in [0.25, 0.3) is 11.1 Å². The van der Waals surface area contributed by atoms with Crippen LogP contribution in [0.25, 0.3) is 0 Å². The number of thiazole rings is 1. The molecule has 0 bridgehead atoms. The monoisotopic (exact) mass is 202 g/mol. The second-order valence-electron chi connectivity index (χ2n) is 2.10. The zero-order chi connectivity index (χ0) is 9.84. The Labute approximate surface area is 79.7 Å². The number of ether oxygens (including phenoxy) is 2. The van der Waals surface area contributed by atoms with E-state index in [1.165, 1.54) is 32.6 Å². The Kier molecular flexibility index (Phi) is 3.07. The van der Waals surface area contributed by atoms with Crippen LogP contribution in [0.2, 0.25) is 0 Å². The van der Waals surface area contributed by atoms with Gasteiger partial charge in [0.1, 0.15) is 0 Å². The summed E-state index contributed by atoms with van der Waals surface area (Å²) in [5.41, 5.74) is 0.256. The van der Waals surface area contributed by atoms with Gasteiger partial charge in [-0.2, -0.15) is 4.98 Å². The van der Waals surface area contributed by atoms with Crippen molar-refractivity contribution in [1.29, 1.82) is 0 Å². The normalized spacial score (nSPS) is 9.46. The number of hydrogen-bond acceptors (Lipinski definition) is 5. The van der Waals surface area contributed by atoms with Crippen molar-refractivity contribution in [2.24, 2.45) is 0 Å². The van der Waals surface area contributed by atoms with E-state index in [0.717, 1.165) is 0 Å². The summed E-state index contributed by atoms with van der Waals surface area (Å²) in [5, 5.41) is 3.33. The van der Waals surface area contributed by atoms with Crippen molar-refractivity contribution in [3.8, 4) is 10.3 Å². The minimum atomic E-state index is -0.281. The van der Waals surface area contributed by atoms with E-state index in [-0.39, 0.29) is 11.6 Å². The fourth-order valence-electron chi connectivity index (χ4n) is 0.775. The summed E-state index contributed by atoms with van der Waals surface area (Å²) in [6.45, 7) is 0. The fourth-order valence-corrected chi connectivity index (χ4v) is 1.47. The smallest absolute Gasteiger partial charge is 0.277 e. The number of nitrogens with zero attached hydrogens (tertiary/aromatic N) is 1. The van der Waals surface area contributed by atoms with Gasteiger partial charge >= 0.3 is 0 Å². The van der Waals surface area contributed by atoms with Crippen LogP contribution in [0.4, 0.5) is 0 Å². The molecule has 0 spiro atoms. The second-order valence-corrected chi connectivity index (χ2v) is 3.03. The van der Waals surface area contributed by atoms with E-state index < -0.39 is 0 Å². The number of methoxy groups -OCH3 is 2. The molecule has 0 radical (unpaired) electrons. The van der Waals surface area contributed by atoms with Gasteiger partial charge in [-0.05, 0) is 11.3 Å². The highest BCUT2D eigenvalue weighted by Crippen LogP contribution is 2.31. The average Bonchev–Trinajstić information content (AvgIpc) is 2.59. The van der Waals surface area contributed by atoms with Crippen molar-refractivity contribution in [3.05, 3.63) is 5.69 Å². The predicted octanol–water partition coefficient (Wildman–Crippen LogP) is 0.520. The van der Waals surface area contributed by atoms with Crippen molar-refractivity contribution < 1.29 is 14.3 Å². The van der Waals surface area contributed by atoms with Crippen LogP contribution >= 0.6 is 11.3 Å². The zero-order valence-corrected chi connectivity index (χ0v) is 8.40. The van der Waals surface area contributed by atoms with Crippen LogP contribution in [0, 0.1) is 0 Å². The zero-order valence-electron chi connectivity index (χ0n) is 7.58. The lowest BCUT2D eigenvalue weighted by Crippen LogP contribution is -2.18. The van der Waals surface area contributed by atoms with Crippen molar-refractivity contribution in [2.75, 3.05) is 21.3 Å². The van der Waals surface area contributed by atoms with Gasteiger partial charge in [-0.15, -0.1) is 0 Å². The highest BCUT2D eigenvalue weighted by atomic mass is 32.1. The fraction of sp³-hybridized carbons (Fsp3) is 0.429. The van der Waals surface area contributed by atoms with Crippen LogP contribution in [0.1, 0.15) is 10.5 Å². The first-order valence-corrected chi connectivity index (χ1v) is 4.35. The Morgan fingerprint density at radius 1 is 1.46 bits per heavy atom. The predicted molar refractivity (Wildman–Crippen MR) is 48.6 cm³/mol. The van der Waals surface area contributed by atoms with Gasteiger partial charge in [-0.3, -0.25) is 4.79 Å². The molecule has 1 N–H and O–H groups in total.